The lowest BCUT2D eigenvalue weighted by Crippen LogP contribution is -2.12. The molecule has 0 saturated carbocycles. The molecule has 26 heavy (non-hydrogen) atoms. The first kappa shape index (κ1) is 17.9. The number of amides is 2. The van der Waals surface area contributed by atoms with Crippen molar-refractivity contribution in [1.82, 2.24) is 0 Å². The Hall–Kier alpha value is -2.93. The third-order valence-corrected chi connectivity index (χ3v) is 5.13. The van der Waals surface area contributed by atoms with Crippen molar-refractivity contribution in [1.29, 1.82) is 0 Å². The lowest BCUT2D eigenvalue weighted by molar-refractivity contribution is -0.114. The quantitative estimate of drug-likeness (QED) is 0.705. The fourth-order valence-corrected chi connectivity index (χ4v) is 3.85. The summed E-state index contributed by atoms with van der Waals surface area (Å²) in [7, 11) is 1.49. The molecule has 0 fully saturated rings. The molecule has 0 atom stereocenters. The van der Waals surface area contributed by atoms with Crippen molar-refractivity contribution in [2.75, 3.05) is 17.7 Å². The van der Waals surface area contributed by atoms with Crippen LogP contribution in [-0.4, -0.2) is 18.9 Å². The monoisotopic (exact) mass is 372 g/mol. The van der Waals surface area contributed by atoms with Gasteiger partial charge in [0.15, 0.2) is 0 Å². The number of ether oxygens (including phenoxy) is 1. The molecule has 2 N–H and O–H groups in total. The van der Waals surface area contributed by atoms with Crippen molar-refractivity contribution in [2.45, 2.75) is 13.8 Å². The van der Waals surface area contributed by atoms with Crippen molar-refractivity contribution in [3.8, 4) is 5.75 Å². The maximum Gasteiger partial charge on any atom is 0.266 e. The highest BCUT2D eigenvalue weighted by Gasteiger charge is 2.18. The predicted octanol–water partition coefficient (Wildman–Crippen LogP) is 4.57. The topological polar surface area (TPSA) is 67.4 Å². The number of fused-ring (bicyclic) bond motifs is 1. The van der Waals surface area contributed by atoms with Gasteiger partial charge in [0.25, 0.3) is 5.91 Å². The molecule has 0 bridgehead atoms. The average Bonchev–Trinajstić information content (AvgIpc) is 2.93. The van der Waals surface area contributed by atoms with Crippen LogP contribution in [0.15, 0.2) is 36.4 Å². The number of benzene rings is 2. The summed E-state index contributed by atoms with van der Waals surface area (Å²) in [6.07, 6.45) is 0. The second-order valence-corrected chi connectivity index (χ2v) is 6.77. The SMILES string of the molecule is COc1ccc(NC(=O)c2sc3cccc(F)c3c2C)cc1NC(C)=O. The molecule has 3 rings (SSSR count). The van der Waals surface area contributed by atoms with E-state index in [-0.39, 0.29) is 17.6 Å². The first-order valence-electron chi connectivity index (χ1n) is 7.85. The van der Waals surface area contributed by atoms with Gasteiger partial charge in [0.2, 0.25) is 5.91 Å². The van der Waals surface area contributed by atoms with Crippen LogP contribution < -0.4 is 15.4 Å². The number of rotatable bonds is 4. The molecule has 5 nitrogen and oxygen atoms in total. The fourth-order valence-electron chi connectivity index (χ4n) is 2.73. The van der Waals surface area contributed by atoms with Crippen LogP contribution in [0.5, 0.6) is 5.75 Å². The summed E-state index contributed by atoms with van der Waals surface area (Å²) < 4.78 is 19.9. The predicted molar refractivity (Wildman–Crippen MR) is 102 cm³/mol. The molecule has 134 valence electrons. The molecule has 0 aliphatic heterocycles. The first-order chi connectivity index (χ1) is 12.4. The molecule has 1 aromatic heterocycles. The Morgan fingerprint density at radius 3 is 2.58 bits per heavy atom. The van der Waals surface area contributed by atoms with E-state index < -0.39 is 0 Å². The molecule has 0 saturated heterocycles. The first-order valence-corrected chi connectivity index (χ1v) is 8.67. The second kappa shape index (κ2) is 7.13. The van der Waals surface area contributed by atoms with Crippen LogP contribution in [0.4, 0.5) is 15.8 Å². The molecule has 0 aliphatic rings. The van der Waals surface area contributed by atoms with Gasteiger partial charge < -0.3 is 15.4 Å². The zero-order chi connectivity index (χ0) is 18.8. The van der Waals surface area contributed by atoms with Gasteiger partial charge in [0.05, 0.1) is 17.7 Å². The second-order valence-electron chi connectivity index (χ2n) is 5.72. The van der Waals surface area contributed by atoms with Gasteiger partial charge in [-0.3, -0.25) is 9.59 Å². The van der Waals surface area contributed by atoms with E-state index in [1.807, 2.05) is 0 Å². The van der Waals surface area contributed by atoms with E-state index in [9.17, 15) is 14.0 Å². The standard InChI is InChI=1S/C19H17FN2O3S/c1-10-17-13(20)5-4-6-16(17)26-18(10)19(24)22-12-7-8-15(25-3)14(9-12)21-11(2)23/h4-9H,1-3H3,(H,21,23)(H,22,24). The van der Waals surface area contributed by atoms with Crippen LogP contribution in [0.1, 0.15) is 22.2 Å². The summed E-state index contributed by atoms with van der Waals surface area (Å²) >= 11 is 1.24. The summed E-state index contributed by atoms with van der Waals surface area (Å²) in [6, 6.07) is 9.73. The zero-order valence-corrected chi connectivity index (χ0v) is 15.3. The van der Waals surface area contributed by atoms with Crippen LogP contribution in [0.2, 0.25) is 0 Å². The van der Waals surface area contributed by atoms with Crippen LogP contribution in [0.25, 0.3) is 10.1 Å². The van der Waals surface area contributed by atoms with Crippen molar-refractivity contribution in [3.63, 3.8) is 0 Å². The van der Waals surface area contributed by atoms with E-state index in [1.165, 1.54) is 31.4 Å². The molecule has 3 aromatic rings. The van der Waals surface area contributed by atoms with Gasteiger partial charge in [-0.05, 0) is 42.8 Å². The zero-order valence-electron chi connectivity index (χ0n) is 14.5. The third kappa shape index (κ3) is 3.39. The summed E-state index contributed by atoms with van der Waals surface area (Å²) in [6.45, 7) is 3.12. The molecule has 0 spiro atoms. The van der Waals surface area contributed by atoms with E-state index >= 15 is 0 Å². The maximum absolute atomic E-state index is 14.0. The third-order valence-electron chi connectivity index (χ3n) is 3.88. The van der Waals surface area contributed by atoms with Crippen LogP contribution in [0, 0.1) is 12.7 Å². The van der Waals surface area contributed by atoms with Gasteiger partial charge in [-0.15, -0.1) is 11.3 Å². The van der Waals surface area contributed by atoms with Crippen molar-refractivity contribution in [2.24, 2.45) is 0 Å². The average molecular weight is 372 g/mol. The minimum absolute atomic E-state index is 0.248. The van der Waals surface area contributed by atoms with Gasteiger partial charge in [-0.1, -0.05) is 6.07 Å². The minimum atomic E-state index is -0.340. The number of thiophene rings is 1. The Balaban J connectivity index is 1.92. The lowest BCUT2D eigenvalue weighted by atomic mass is 10.1. The molecule has 1 heterocycles. The minimum Gasteiger partial charge on any atom is -0.495 e. The Morgan fingerprint density at radius 2 is 1.92 bits per heavy atom. The Kier molecular flexibility index (Phi) is 4.90. The van der Waals surface area contributed by atoms with Crippen LogP contribution in [0.3, 0.4) is 0 Å². The largest absolute Gasteiger partial charge is 0.495 e. The van der Waals surface area contributed by atoms with Crippen LogP contribution in [-0.2, 0) is 4.79 Å². The Bertz CT molecular complexity index is 1010. The number of aryl methyl sites for hydroxylation is 1. The van der Waals surface area contributed by atoms with E-state index in [0.29, 0.717) is 33.0 Å². The van der Waals surface area contributed by atoms with E-state index in [4.69, 9.17) is 4.74 Å². The molecular weight excluding hydrogens is 355 g/mol. The van der Waals surface area contributed by atoms with Gasteiger partial charge in [-0.25, -0.2) is 4.39 Å². The molecule has 0 unspecified atom stereocenters. The van der Waals surface area contributed by atoms with E-state index in [1.54, 1.807) is 37.3 Å². The van der Waals surface area contributed by atoms with E-state index in [0.717, 1.165) is 4.70 Å². The highest BCUT2D eigenvalue weighted by molar-refractivity contribution is 7.21. The normalized spacial score (nSPS) is 10.6. The maximum atomic E-state index is 14.0. The number of nitrogens with one attached hydrogen (secondary N) is 2. The van der Waals surface area contributed by atoms with Crippen molar-refractivity contribution < 1.29 is 18.7 Å². The number of halogens is 1. The molecule has 7 heteroatoms. The summed E-state index contributed by atoms with van der Waals surface area (Å²) in [5, 5.41) is 5.91. The van der Waals surface area contributed by atoms with Gasteiger partial charge in [0.1, 0.15) is 11.6 Å². The number of methoxy groups -OCH3 is 1. The van der Waals surface area contributed by atoms with Crippen LogP contribution >= 0.6 is 11.3 Å². The molecule has 0 radical (unpaired) electrons. The summed E-state index contributed by atoms with van der Waals surface area (Å²) in [5.74, 6) is -0.435. The van der Waals surface area contributed by atoms with Gasteiger partial charge >= 0.3 is 0 Å². The number of anilines is 2. The van der Waals surface area contributed by atoms with Gasteiger partial charge in [-0.2, -0.15) is 0 Å². The molecular formula is C19H17FN2O3S. The number of hydrogen-bond acceptors (Lipinski definition) is 4. The van der Waals surface area contributed by atoms with Crippen molar-refractivity contribution >= 4 is 44.6 Å². The number of carbonyl (C=O) groups excluding carboxylic acids is 2. The highest BCUT2D eigenvalue weighted by Crippen LogP contribution is 2.34. The Labute approximate surface area is 153 Å². The summed E-state index contributed by atoms with van der Waals surface area (Å²) in [4.78, 5) is 24.4. The fraction of sp³-hybridized carbons (Fsp3) is 0.158. The molecule has 0 aliphatic carbocycles. The highest BCUT2D eigenvalue weighted by atomic mass is 32.1. The molecule has 2 amide bonds. The lowest BCUT2D eigenvalue weighted by Gasteiger charge is -2.11. The molecule has 2 aromatic carbocycles. The summed E-state index contributed by atoms with van der Waals surface area (Å²) in [5.41, 5.74) is 1.56. The van der Waals surface area contributed by atoms with Crippen molar-refractivity contribution in [3.05, 3.63) is 52.7 Å². The Morgan fingerprint density at radius 1 is 1.15 bits per heavy atom. The van der Waals surface area contributed by atoms with E-state index in [2.05, 4.69) is 10.6 Å². The smallest absolute Gasteiger partial charge is 0.266 e. The van der Waals surface area contributed by atoms with Gasteiger partial charge in [0, 0.05) is 22.7 Å². The number of hydrogen-bond donors (Lipinski definition) is 2. The number of carbonyl (C=O) groups is 2.